The van der Waals surface area contributed by atoms with E-state index < -0.39 is 0 Å². The molecule has 8 aromatic rings. The highest BCUT2D eigenvalue weighted by molar-refractivity contribution is 5.94. The number of nitrogens with zero attached hydrogens (tertiary/aromatic N) is 2. The van der Waals surface area contributed by atoms with E-state index in [1.807, 2.05) is 0 Å². The van der Waals surface area contributed by atoms with E-state index in [0.29, 0.717) is 11.8 Å². The number of unbranched alkanes of at least 4 members (excludes halogenated alkanes) is 2. The van der Waals surface area contributed by atoms with Crippen LogP contribution in [0.5, 0.6) is 0 Å². The molecule has 0 aliphatic heterocycles. The van der Waals surface area contributed by atoms with Gasteiger partial charge in [0, 0.05) is 22.7 Å². The minimum absolute atomic E-state index is 0.0425. The van der Waals surface area contributed by atoms with Gasteiger partial charge in [0.2, 0.25) is 0 Å². The first-order chi connectivity index (χ1) is 37.2. The first-order valence-corrected chi connectivity index (χ1v) is 30.0. The van der Waals surface area contributed by atoms with Crippen LogP contribution in [-0.4, -0.2) is 0 Å². The van der Waals surface area contributed by atoms with Crippen molar-refractivity contribution in [2.45, 2.75) is 186 Å². The summed E-state index contributed by atoms with van der Waals surface area (Å²) in [6, 6.07) is 56.5. The fraction of sp³-hybridized carbons (Fsp3) is 0.395. The van der Waals surface area contributed by atoms with Crippen molar-refractivity contribution in [3.63, 3.8) is 0 Å². The summed E-state index contributed by atoms with van der Waals surface area (Å²) in [5, 5.41) is 2.93. The van der Waals surface area contributed by atoms with Gasteiger partial charge in [-0.2, -0.15) is 0 Å². The van der Waals surface area contributed by atoms with Gasteiger partial charge in [0.1, 0.15) is 0 Å². The van der Waals surface area contributed by atoms with Crippen molar-refractivity contribution in [3.8, 4) is 22.3 Å². The Hall–Kier alpha value is -6.38. The van der Waals surface area contributed by atoms with Gasteiger partial charge in [-0.05, 0) is 209 Å². The maximum atomic E-state index is 2.55. The molecule has 0 aliphatic carbocycles. The molecule has 2 nitrogen and oxygen atoms in total. The van der Waals surface area contributed by atoms with Crippen molar-refractivity contribution in [2.75, 3.05) is 9.80 Å². The molecule has 8 aromatic carbocycles. The zero-order valence-electron chi connectivity index (χ0n) is 51.0. The van der Waals surface area contributed by atoms with Crippen LogP contribution < -0.4 is 9.80 Å². The monoisotopic (exact) mass is 1030 g/mol. The maximum absolute atomic E-state index is 2.55. The molecule has 408 valence electrons. The normalized spacial score (nSPS) is 12.8. The van der Waals surface area contributed by atoms with Crippen LogP contribution in [0.3, 0.4) is 0 Å². The van der Waals surface area contributed by atoms with Crippen LogP contribution in [0, 0.1) is 53.4 Å². The van der Waals surface area contributed by atoms with Crippen LogP contribution in [0.4, 0.5) is 34.1 Å². The molecular formula is C76H94N2. The maximum Gasteiger partial charge on any atom is 0.0520 e. The highest BCUT2D eigenvalue weighted by Crippen LogP contribution is 2.45. The second-order valence-electron chi connectivity index (χ2n) is 25.5. The average molecular weight is 1040 g/mol. The first-order valence-electron chi connectivity index (χ1n) is 30.0. The number of rotatable bonds is 20. The van der Waals surface area contributed by atoms with E-state index in [-0.39, 0.29) is 10.8 Å². The fourth-order valence-corrected chi connectivity index (χ4v) is 12.2. The number of hydrogen-bond donors (Lipinski definition) is 0. The molecule has 0 bridgehead atoms. The number of aryl methyl sites for hydroxylation is 6. The molecule has 0 saturated carbocycles. The highest BCUT2D eigenvalue weighted by Gasteiger charge is 2.25. The number of hydrogen-bond acceptors (Lipinski definition) is 2. The average Bonchev–Trinajstić information content (AvgIpc) is 3.45. The molecule has 0 spiro atoms. The van der Waals surface area contributed by atoms with Crippen LogP contribution in [-0.2, 0) is 23.7 Å². The Morgan fingerprint density at radius 2 is 0.692 bits per heavy atom. The summed E-state index contributed by atoms with van der Waals surface area (Å²) in [4.78, 5) is 4.93. The summed E-state index contributed by atoms with van der Waals surface area (Å²) in [5.74, 6) is 1.39. The number of anilines is 6. The van der Waals surface area contributed by atoms with Crippen LogP contribution in [0.2, 0.25) is 0 Å². The standard InChI is InChI=1S/C76H94N2/c1-17-21-23-57(19-3)47-63-41-52(6)42-71-64(48-58(20-4)24-22-18-2)49-62(50-72(63)71)61-31-39-70(40-32-61)78(74-55(9)45-66(46-56(74)10)76(14,15)16)69-37-29-60(30-38-69)59-27-35-68(36-28-59)77(67-33-25-51(5)26-34-67)73-53(7)43-65(44-54(73)8)75(11,12)13/h25-46,49-50,57-58H,17-24,47-48H2,1-16H3. The van der Waals surface area contributed by atoms with Crippen molar-refractivity contribution < 1.29 is 0 Å². The first kappa shape index (κ1) is 57.8. The number of benzene rings is 8. The smallest absolute Gasteiger partial charge is 0.0520 e. The van der Waals surface area contributed by atoms with E-state index in [1.54, 1.807) is 0 Å². The largest absolute Gasteiger partial charge is 0.310 e. The van der Waals surface area contributed by atoms with Gasteiger partial charge >= 0.3 is 0 Å². The third kappa shape index (κ3) is 13.2. The van der Waals surface area contributed by atoms with Gasteiger partial charge in [0.15, 0.2) is 0 Å². The fourth-order valence-electron chi connectivity index (χ4n) is 12.2. The van der Waals surface area contributed by atoms with Gasteiger partial charge in [0.25, 0.3) is 0 Å². The van der Waals surface area contributed by atoms with Crippen LogP contribution in [0.1, 0.15) is 176 Å². The third-order valence-electron chi connectivity index (χ3n) is 17.0. The van der Waals surface area contributed by atoms with Crippen LogP contribution >= 0.6 is 0 Å². The predicted octanol–water partition coefficient (Wildman–Crippen LogP) is 23.1. The zero-order valence-corrected chi connectivity index (χ0v) is 51.0. The Bertz CT molecular complexity index is 3240. The lowest BCUT2D eigenvalue weighted by Crippen LogP contribution is -2.16. The van der Waals surface area contributed by atoms with Crippen molar-refractivity contribution in [2.24, 2.45) is 11.8 Å². The van der Waals surface area contributed by atoms with Crippen molar-refractivity contribution in [1.29, 1.82) is 0 Å². The van der Waals surface area contributed by atoms with E-state index in [4.69, 9.17) is 0 Å². The van der Waals surface area contributed by atoms with Gasteiger partial charge in [-0.1, -0.05) is 223 Å². The summed E-state index contributed by atoms with van der Waals surface area (Å²) in [6.45, 7) is 36.9. The van der Waals surface area contributed by atoms with Crippen molar-refractivity contribution in [3.05, 3.63) is 201 Å². The lowest BCUT2D eigenvalue weighted by Gasteiger charge is -2.31. The molecule has 0 radical (unpaired) electrons. The summed E-state index contributed by atoms with van der Waals surface area (Å²) in [5.41, 5.74) is 25.7. The van der Waals surface area contributed by atoms with E-state index in [2.05, 4.69) is 266 Å². The van der Waals surface area contributed by atoms with Gasteiger partial charge in [-0.15, -0.1) is 0 Å². The van der Waals surface area contributed by atoms with Gasteiger partial charge in [-0.3, -0.25) is 0 Å². The Morgan fingerprint density at radius 1 is 0.359 bits per heavy atom. The van der Waals surface area contributed by atoms with Gasteiger partial charge < -0.3 is 9.80 Å². The van der Waals surface area contributed by atoms with Gasteiger partial charge in [-0.25, -0.2) is 0 Å². The van der Waals surface area contributed by atoms with Crippen molar-refractivity contribution >= 4 is 44.9 Å². The van der Waals surface area contributed by atoms with Crippen LogP contribution in [0.25, 0.3) is 33.0 Å². The van der Waals surface area contributed by atoms with E-state index in [0.717, 1.165) is 35.6 Å². The summed E-state index contributed by atoms with van der Waals surface area (Å²) in [6.07, 6.45) is 12.4. The highest BCUT2D eigenvalue weighted by atomic mass is 15.2. The molecule has 0 heterocycles. The third-order valence-corrected chi connectivity index (χ3v) is 17.0. The Morgan fingerprint density at radius 3 is 1.04 bits per heavy atom. The lowest BCUT2D eigenvalue weighted by molar-refractivity contribution is 0.449. The minimum atomic E-state index is 0.0425. The lowest BCUT2D eigenvalue weighted by atomic mass is 9.84. The van der Waals surface area contributed by atoms with E-state index in [9.17, 15) is 0 Å². The van der Waals surface area contributed by atoms with Gasteiger partial charge in [0.05, 0.1) is 11.4 Å². The molecule has 78 heavy (non-hydrogen) atoms. The Balaban J connectivity index is 1.19. The van der Waals surface area contributed by atoms with Crippen molar-refractivity contribution in [1.82, 2.24) is 0 Å². The summed E-state index contributed by atoms with van der Waals surface area (Å²) >= 11 is 0. The molecular weight excluding hydrogens is 941 g/mol. The van der Waals surface area contributed by atoms with Crippen LogP contribution in [0.15, 0.2) is 146 Å². The second kappa shape index (κ2) is 24.7. The summed E-state index contributed by atoms with van der Waals surface area (Å²) < 4.78 is 0. The summed E-state index contributed by atoms with van der Waals surface area (Å²) in [7, 11) is 0. The Labute approximate surface area is 473 Å². The molecule has 0 fully saturated rings. The molecule has 0 N–H and O–H groups in total. The molecule has 2 heteroatoms. The molecule has 0 aromatic heterocycles. The van der Waals surface area contributed by atoms with E-state index in [1.165, 1.54) is 151 Å². The molecule has 0 amide bonds. The molecule has 0 saturated heterocycles. The molecule has 2 atom stereocenters. The minimum Gasteiger partial charge on any atom is -0.310 e. The molecule has 2 unspecified atom stereocenters. The Kier molecular flexibility index (Phi) is 18.3. The van der Waals surface area contributed by atoms with E-state index >= 15 is 0 Å². The predicted molar refractivity (Wildman–Crippen MR) is 344 cm³/mol. The molecule has 0 aliphatic rings. The molecule has 8 rings (SSSR count). The quantitative estimate of drug-likeness (QED) is 0.0751. The second-order valence-corrected chi connectivity index (χ2v) is 25.5. The number of fused-ring (bicyclic) bond motifs is 1. The topological polar surface area (TPSA) is 6.48 Å². The zero-order chi connectivity index (χ0) is 56.1. The SMILES string of the molecule is CCCCC(CC)Cc1cc(-c2ccc(N(c3ccc(-c4ccc(N(c5ccc(C)cc5)c5c(C)cc(C(C)(C)C)cc5C)cc4)cc3)c3c(C)cc(C(C)(C)C)cc3C)cc2)cc2c(CC(CC)CCCC)cc(C)cc12.